The Bertz CT molecular complexity index is 781. The van der Waals surface area contributed by atoms with Gasteiger partial charge in [0, 0.05) is 19.6 Å². The molecule has 0 spiro atoms. The van der Waals surface area contributed by atoms with Crippen molar-refractivity contribution in [3.63, 3.8) is 0 Å². The Morgan fingerprint density at radius 2 is 1.70 bits per heavy atom. The summed E-state index contributed by atoms with van der Waals surface area (Å²) in [5.74, 6) is -4.12. The van der Waals surface area contributed by atoms with Crippen LogP contribution in [0.1, 0.15) is 64.2 Å². The van der Waals surface area contributed by atoms with Gasteiger partial charge in [-0.25, -0.2) is 17.9 Å². The Hall–Kier alpha value is -0.980. The number of rotatable bonds is 6. The summed E-state index contributed by atoms with van der Waals surface area (Å²) in [5, 5.41) is 7.06. The molecular weight excluding hydrogens is 468 g/mol. The molecule has 33 heavy (non-hydrogen) atoms. The van der Waals surface area contributed by atoms with Crippen molar-refractivity contribution in [1.82, 2.24) is 5.32 Å². The van der Waals surface area contributed by atoms with Gasteiger partial charge in [-0.3, -0.25) is 4.79 Å². The maximum absolute atomic E-state index is 14.3. The Morgan fingerprint density at radius 1 is 1.00 bits per heavy atom. The highest BCUT2D eigenvalue weighted by Gasteiger charge is 2.53. The number of nitrogens with two attached hydrogens (primary N) is 1. The number of sulfonamides is 1. The van der Waals surface area contributed by atoms with Crippen LogP contribution in [-0.2, 0) is 24.3 Å². The Morgan fingerprint density at radius 3 is 2.30 bits per heavy atom. The summed E-state index contributed by atoms with van der Waals surface area (Å²) in [6, 6.07) is -0.571. The van der Waals surface area contributed by atoms with Crippen molar-refractivity contribution < 1.29 is 40.2 Å². The third-order valence-electron chi connectivity index (χ3n) is 7.33. The molecule has 0 aromatic rings. The molecule has 3 aliphatic rings. The number of nitrogens with one attached hydrogen (secondary N) is 1. The summed E-state index contributed by atoms with van der Waals surface area (Å²) in [6.45, 7) is 0. The predicted molar refractivity (Wildman–Crippen MR) is 112 cm³/mol. The third kappa shape index (κ3) is 6.79. The monoisotopic (exact) mass is 502 g/mol. The van der Waals surface area contributed by atoms with E-state index >= 15 is 0 Å². The zero-order valence-electron chi connectivity index (χ0n) is 18.7. The predicted octanol–water partition coefficient (Wildman–Crippen LogP) is 2.97. The SMILES string of the molecule is COC1CCC(OC2CCCC(C(F)(F)F)C2C(=O)NC2CCCC(S(N)(=O)=O)C2)CC1F. The van der Waals surface area contributed by atoms with Crippen molar-refractivity contribution in [1.29, 1.82) is 0 Å². The largest absolute Gasteiger partial charge is 0.392 e. The molecule has 1 amide bonds. The van der Waals surface area contributed by atoms with Gasteiger partial charge >= 0.3 is 6.18 Å². The second kappa shape index (κ2) is 10.7. The maximum atomic E-state index is 14.3. The van der Waals surface area contributed by atoms with Gasteiger partial charge in [-0.1, -0.05) is 12.8 Å². The summed E-state index contributed by atoms with van der Waals surface area (Å²) in [4.78, 5) is 13.1. The number of carbonyl (C=O) groups is 1. The minimum Gasteiger partial charge on any atom is -0.378 e. The Kier molecular flexibility index (Phi) is 8.66. The van der Waals surface area contributed by atoms with E-state index in [-0.39, 0.29) is 32.1 Å². The van der Waals surface area contributed by atoms with Crippen LogP contribution in [0, 0.1) is 11.8 Å². The molecule has 0 saturated heterocycles. The normalized spacial score (nSPS) is 38.6. The lowest BCUT2D eigenvalue weighted by Gasteiger charge is -2.41. The number of carbonyl (C=O) groups excluding carboxylic acids is 1. The van der Waals surface area contributed by atoms with E-state index in [0.29, 0.717) is 32.1 Å². The average Bonchev–Trinajstić information content (AvgIpc) is 2.72. The molecule has 7 nitrogen and oxygen atoms in total. The van der Waals surface area contributed by atoms with Crippen LogP contribution in [0.15, 0.2) is 0 Å². The van der Waals surface area contributed by atoms with Crippen molar-refractivity contribution in [3.8, 4) is 0 Å². The van der Waals surface area contributed by atoms with E-state index in [9.17, 15) is 30.8 Å². The third-order valence-corrected chi connectivity index (χ3v) is 8.69. The van der Waals surface area contributed by atoms with E-state index in [4.69, 9.17) is 14.6 Å². The summed E-state index contributed by atoms with van der Waals surface area (Å²) >= 11 is 0. The van der Waals surface area contributed by atoms with E-state index in [0.717, 1.165) is 0 Å². The number of amides is 1. The van der Waals surface area contributed by atoms with Gasteiger partial charge in [0.25, 0.3) is 0 Å². The molecule has 3 fully saturated rings. The fourth-order valence-electron chi connectivity index (χ4n) is 5.59. The number of alkyl halides is 4. The average molecular weight is 503 g/mol. The highest BCUT2D eigenvalue weighted by atomic mass is 32.2. The molecule has 8 atom stereocenters. The molecule has 192 valence electrons. The topological polar surface area (TPSA) is 108 Å². The van der Waals surface area contributed by atoms with Gasteiger partial charge in [-0.15, -0.1) is 0 Å². The lowest BCUT2D eigenvalue weighted by Crippen LogP contribution is -2.54. The van der Waals surface area contributed by atoms with Crippen molar-refractivity contribution in [2.45, 2.75) is 106 Å². The van der Waals surface area contributed by atoms with E-state index in [1.807, 2.05) is 0 Å². The van der Waals surface area contributed by atoms with Crippen molar-refractivity contribution in [3.05, 3.63) is 0 Å². The summed E-state index contributed by atoms with van der Waals surface area (Å²) in [5.41, 5.74) is 0. The molecule has 0 heterocycles. The molecule has 12 heteroatoms. The zero-order valence-corrected chi connectivity index (χ0v) is 19.5. The highest BCUT2D eigenvalue weighted by Crippen LogP contribution is 2.44. The maximum Gasteiger partial charge on any atom is 0.392 e. The van der Waals surface area contributed by atoms with Crippen LogP contribution in [0.3, 0.4) is 0 Å². The van der Waals surface area contributed by atoms with Gasteiger partial charge < -0.3 is 14.8 Å². The molecule has 8 unspecified atom stereocenters. The number of primary sulfonamides is 1. The van der Waals surface area contributed by atoms with Crippen LogP contribution in [-0.4, -0.2) is 63.4 Å². The number of hydrogen-bond donors (Lipinski definition) is 2. The van der Waals surface area contributed by atoms with Crippen LogP contribution in [0.2, 0.25) is 0 Å². The van der Waals surface area contributed by atoms with Crippen LogP contribution in [0.25, 0.3) is 0 Å². The number of methoxy groups -OCH3 is 1. The van der Waals surface area contributed by atoms with Gasteiger partial charge in [-0.05, 0) is 44.9 Å². The number of ether oxygens (including phenoxy) is 2. The molecule has 3 saturated carbocycles. The van der Waals surface area contributed by atoms with Crippen molar-refractivity contribution >= 4 is 15.9 Å². The van der Waals surface area contributed by atoms with Crippen LogP contribution in [0.5, 0.6) is 0 Å². The van der Waals surface area contributed by atoms with Gasteiger partial charge in [0.2, 0.25) is 15.9 Å². The number of halogens is 4. The van der Waals surface area contributed by atoms with E-state index in [1.165, 1.54) is 7.11 Å². The first kappa shape index (κ1) is 26.6. The van der Waals surface area contributed by atoms with Gasteiger partial charge in [0.05, 0.1) is 35.4 Å². The standard InChI is InChI=1S/C21H34F4N2O5S/c1-31-17-9-8-13(11-16(17)22)32-18-7-3-6-15(21(23,24)25)19(18)20(28)27-12-4-2-5-14(10-12)33(26,29)30/h12-19H,2-11H2,1H3,(H,27,28)(H2,26,29,30). The minimum atomic E-state index is -4.59. The second-order valence-electron chi connectivity index (χ2n) is 9.59. The molecular formula is C21H34F4N2O5S. The summed E-state index contributed by atoms with van der Waals surface area (Å²) in [7, 11) is -2.38. The molecule has 0 aliphatic heterocycles. The molecule has 0 bridgehead atoms. The fourth-order valence-corrected chi connectivity index (χ4v) is 6.58. The van der Waals surface area contributed by atoms with E-state index in [1.54, 1.807) is 0 Å². The molecule has 0 aromatic heterocycles. The lowest BCUT2D eigenvalue weighted by atomic mass is 9.75. The Balaban J connectivity index is 1.72. The van der Waals surface area contributed by atoms with Crippen LogP contribution < -0.4 is 10.5 Å². The van der Waals surface area contributed by atoms with Gasteiger partial charge in [0.15, 0.2) is 0 Å². The summed E-state index contributed by atoms with van der Waals surface area (Å²) < 4.78 is 90.3. The molecule has 3 aliphatic carbocycles. The Labute approximate surface area is 192 Å². The van der Waals surface area contributed by atoms with E-state index in [2.05, 4.69) is 5.32 Å². The summed E-state index contributed by atoms with van der Waals surface area (Å²) in [6.07, 6.45) is -5.40. The first-order valence-electron chi connectivity index (χ1n) is 11.6. The quantitative estimate of drug-likeness (QED) is 0.543. The molecule has 0 radical (unpaired) electrons. The smallest absolute Gasteiger partial charge is 0.378 e. The van der Waals surface area contributed by atoms with Crippen LogP contribution >= 0.6 is 0 Å². The second-order valence-corrected chi connectivity index (χ2v) is 11.4. The molecule has 3 N–H and O–H groups in total. The van der Waals surface area contributed by atoms with E-state index < -0.39 is 69.7 Å². The first-order chi connectivity index (χ1) is 15.4. The fraction of sp³-hybridized carbons (Fsp3) is 0.952. The zero-order chi connectivity index (χ0) is 24.4. The highest BCUT2D eigenvalue weighted by molar-refractivity contribution is 7.89. The van der Waals surface area contributed by atoms with Gasteiger partial charge in [0.1, 0.15) is 6.17 Å². The van der Waals surface area contributed by atoms with Gasteiger partial charge in [-0.2, -0.15) is 13.2 Å². The molecule has 3 rings (SSSR count). The van der Waals surface area contributed by atoms with Crippen LogP contribution in [0.4, 0.5) is 17.6 Å². The molecule has 0 aromatic carbocycles. The minimum absolute atomic E-state index is 0.0126. The first-order valence-corrected chi connectivity index (χ1v) is 13.2. The number of hydrogen-bond acceptors (Lipinski definition) is 5. The lowest BCUT2D eigenvalue weighted by molar-refractivity contribution is -0.219. The van der Waals surface area contributed by atoms with Crippen molar-refractivity contribution in [2.24, 2.45) is 17.0 Å². The van der Waals surface area contributed by atoms with Crippen molar-refractivity contribution in [2.75, 3.05) is 7.11 Å².